The summed E-state index contributed by atoms with van der Waals surface area (Å²) in [5.74, 6) is 0. The smallest absolute Gasteiger partial charge is 0.0788 e. The van der Waals surface area contributed by atoms with Crippen molar-refractivity contribution in [1.29, 1.82) is 0 Å². The number of hydrogen-bond acceptors (Lipinski definition) is 3. The Kier molecular flexibility index (Phi) is 2.93. The molecule has 0 saturated carbocycles. The molecule has 0 amide bonds. The molecule has 1 aromatic carbocycles. The summed E-state index contributed by atoms with van der Waals surface area (Å²) < 4.78 is 1.20. The van der Waals surface area contributed by atoms with Crippen molar-refractivity contribution >= 4 is 34.0 Å². The lowest BCUT2D eigenvalue weighted by molar-refractivity contribution is 0.285. The molecule has 0 aliphatic heterocycles. The average molecular weight is 261 g/mol. The van der Waals surface area contributed by atoms with Gasteiger partial charge in [0.1, 0.15) is 0 Å². The second-order valence-electron chi connectivity index (χ2n) is 3.70. The van der Waals surface area contributed by atoms with Crippen LogP contribution in [-0.4, -0.2) is 10.1 Å². The van der Waals surface area contributed by atoms with Crippen LogP contribution in [0.3, 0.4) is 0 Å². The molecule has 0 radical (unpaired) electrons. The maximum atomic E-state index is 9.02. The maximum Gasteiger partial charge on any atom is 0.0788 e. The van der Waals surface area contributed by atoms with Gasteiger partial charge in [0, 0.05) is 15.8 Å². The number of fused-ring (bicyclic) bond motifs is 1. The lowest BCUT2D eigenvalue weighted by Gasteiger charge is -1.92. The Bertz CT molecular complexity index is 608. The molecule has 0 atom stereocenters. The molecule has 3 rings (SSSR count). The van der Waals surface area contributed by atoms with Gasteiger partial charge in [-0.25, -0.2) is 0 Å². The van der Waals surface area contributed by atoms with Crippen molar-refractivity contribution < 1.29 is 5.11 Å². The van der Waals surface area contributed by atoms with E-state index >= 15 is 0 Å². The van der Waals surface area contributed by atoms with Crippen LogP contribution in [0.25, 0.3) is 10.9 Å². The SMILES string of the molecule is OCc1ccc(Sc2cc3ccccc3[nH]2)s1. The zero-order chi connectivity index (χ0) is 11.7. The molecule has 0 spiro atoms. The highest BCUT2D eigenvalue weighted by Crippen LogP contribution is 2.34. The first-order chi connectivity index (χ1) is 8.35. The molecule has 0 aliphatic carbocycles. The van der Waals surface area contributed by atoms with Gasteiger partial charge in [-0.2, -0.15) is 0 Å². The Hall–Kier alpha value is -1.23. The van der Waals surface area contributed by atoms with E-state index < -0.39 is 0 Å². The minimum Gasteiger partial charge on any atom is -0.391 e. The van der Waals surface area contributed by atoms with E-state index in [1.54, 1.807) is 23.1 Å². The van der Waals surface area contributed by atoms with Gasteiger partial charge in [0.15, 0.2) is 0 Å². The van der Waals surface area contributed by atoms with E-state index in [2.05, 4.69) is 23.2 Å². The Balaban J connectivity index is 1.89. The van der Waals surface area contributed by atoms with E-state index in [1.807, 2.05) is 24.3 Å². The predicted octanol–water partition coefficient (Wildman–Crippen LogP) is 3.87. The van der Waals surface area contributed by atoms with Gasteiger partial charge in [0.2, 0.25) is 0 Å². The molecule has 0 saturated heterocycles. The van der Waals surface area contributed by atoms with Gasteiger partial charge in [0.25, 0.3) is 0 Å². The van der Waals surface area contributed by atoms with E-state index in [0.717, 1.165) is 15.4 Å². The zero-order valence-corrected chi connectivity index (χ0v) is 10.6. The van der Waals surface area contributed by atoms with E-state index in [0.29, 0.717) is 0 Å². The largest absolute Gasteiger partial charge is 0.391 e. The first kappa shape index (κ1) is 10.9. The van der Waals surface area contributed by atoms with Crippen molar-refractivity contribution in [3.8, 4) is 0 Å². The average Bonchev–Trinajstić information content (AvgIpc) is 2.94. The monoisotopic (exact) mass is 261 g/mol. The van der Waals surface area contributed by atoms with Crippen molar-refractivity contribution in [3.63, 3.8) is 0 Å². The standard InChI is InChI=1S/C13H11NOS2/c15-8-10-5-6-13(16-10)17-12-7-9-3-1-2-4-11(9)14-12/h1-7,14-15H,8H2. The van der Waals surface area contributed by atoms with Crippen molar-refractivity contribution in [2.24, 2.45) is 0 Å². The third-order valence-corrected chi connectivity index (χ3v) is 4.65. The first-order valence-corrected chi connectivity index (χ1v) is 6.93. The van der Waals surface area contributed by atoms with E-state index in [4.69, 9.17) is 5.11 Å². The molecule has 2 nitrogen and oxygen atoms in total. The molecule has 2 aromatic heterocycles. The van der Waals surface area contributed by atoms with Gasteiger partial charge >= 0.3 is 0 Å². The maximum absolute atomic E-state index is 9.02. The fourth-order valence-corrected chi connectivity index (χ4v) is 3.76. The van der Waals surface area contributed by atoms with Gasteiger partial charge in [-0.05, 0) is 24.3 Å². The van der Waals surface area contributed by atoms with Crippen molar-refractivity contribution in [3.05, 3.63) is 47.3 Å². The number of aromatic amines is 1. The zero-order valence-electron chi connectivity index (χ0n) is 9.01. The number of hydrogen-bond donors (Lipinski definition) is 2. The number of aliphatic hydroxyl groups excluding tert-OH is 1. The molecular formula is C13H11NOS2. The summed E-state index contributed by atoms with van der Waals surface area (Å²) in [6, 6.07) is 14.4. The molecule has 3 aromatic rings. The van der Waals surface area contributed by atoms with Gasteiger partial charge in [-0.3, -0.25) is 0 Å². The Labute approximate surface area is 107 Å². The number of thiophene rings is 1. The van der Waals surface area contributed by atoms with Gasteiger partial charge in [-0.15, -0.1) is 11.3 Å². The molecule has 0 unspecified atom stereocenters. The number of benzene rings is 1. The van der Waals surface area contributed by atoms with Crippen LogP contribution >= 0.6 is 23.1 Å². The minimum absolute atomic E-state index is 0.123. The molecule has 0 bridgehead atoms. The van der Waals surface area contributed by atoms with Crippen LogP contribution in [0, 0.1) is 0 Å². The van der Waals surface area contributed by atoms with Crippen LogP contribution in [0.2, 0.25) is 0 Å². The highest BCUT2D eigenvalue weighted by Gasteiger charge is 2.04. The molecule has 17 heavy (non-hydrogen) atoms. The lowest BCUT2D eigenvalue weighted by atomic mass is 10.3. The summed E-state index contributed by atoms with van der Waals surface area (Å²) in [5.41, 5.74) is 1.16. The van der Waals surface area contributed by atoms with Crippen LogP contribution in [0.15, 0.2) is 51.7 Å². The summed E-state index contributed by atoms with van der Waals surface area (Å²) in [6.07, 6.45) is 0. The van der Waals surface area contributed by atoms with Crippen LogP contribution in [0.4, 0.5) is 0 Å². The highest BCUT2D eigenvalue weighted by molar-refractivity contribution is 8.01. The summed E-state index contributed by atoms with van der Waals surface area (Å²) in [5, 5.41) is 11.4. The van der Waals surface area contributed by atoms with Crippen molar-refractivity contribution in [2.75, 3.05) is 0 Å². The third kappa shape index (κ3) is 2.24. The quantitative estimate of drug-likeness (QED) is 0.750. The number of nitrogens with one attached hydrogen (secondary N) is 1. The van der Waals surface area contributed by atoms with Gasteiger partial charge in [-0.1, -0.05) is 30.0 Å². The highest BCUT2D eigenvalue weighted by atomic mass is 32.2. The minimum atomic E-state index is 0.123. The second kappa shape index (κ2) is 4.56. The van der Waals surface area contributed by atoms with Gasteiger partial charge in [0.05, 0.1) is 15.8 Å². The lowest BCUT2D eigenvalue weighted by Crippen LogP contribution is -1.70. The summed E-state index contributed by atoms with van der Waals surface area (Å²) in [7, 11) is 0. The molecule has 4 heteroatoms. The molecule has 2 heterocycles. The predicted molar refractivity (Wildman–Crippen MR) is 72.7 cm³/mol. The Morgan fingerprint density at radius 1 is 1.18 bits per heavy atom. The Morgan fingerprint density at radius 2 is 2.06 bits per heavy atom. The number of rotatable bonds is 3. The topological polar surface area (TPSA) is 36.0 Å². The molecule has 0 fully saturated rings. The van der Waals surface area contributed by atoms with Crippen molar-refractivity contribution in [2.45, 2.75) is 15.8 Å². The van der Waals surface area contributed by atoms with E-state index in [9.17, 15) is 0 Å². The first-order valence-electron chi connectivity index (χ1n) is 5.30. The van der Waals surface area contributed by atoms with Gasteiger partial charge < -0.3 is 10.1 Å². The molecule has 0 aliphatic rings. The number of aromatic nitrogens is 1. The van der Waals surface area contributed by atoms with Crippen LogP contribution in [-0.2, 0) is 6.61 Å². The van der Waals surface area contributed by atoms with Crippen LogP contribution in [0.1, 0.15) is 4.88 Å². The van der Waals surface area contributed by atoms with E-state index in [1.165, 1.54) is 9.60 Å². The second-order valence-corrected chi connectivity index (χ2v) is 6.21. The third-order valence-electron chi connectivity index (χ3n) is 2.51. The fourth-order valence-electron chi connectivity index (χ4n) is 1.71. The normalized spacial score (nSPS) is 11.1. The summed E-state index contributed by atoms with van der Waals surface area (Å²) in [4.78, 5) is 4.38. The summed E-state index contributed by atoms with van der Waals surface area (Å²) >= 11 is 3.33. The van der Waals surface area contributed by atoms with E-state index in [-0.39, 0.29) is 6.61 Å². The van der Waals surface area contributed by atoms with Crippen LogP contribution < -0.4 is 0 Å². The van der Waals surface area contributed by atoms with Crippen molar-refractivity contribution in [1.82, 2.24) is 4.98 Å². The number of para-hydroxylation sites is 1. The molecule has 86 valence electrons. The Morgan fingerprint density at radius 3 is 2.82 bits per heavy atom. The summed E-state index contributed by atoms with van der Waals surface area (Å²) in [6.45, 7) is 0.123. The molecule has 2 N–H and O–H groups in total. The number of H-pyrrole nitrogens is 1. The van der Waals surface area contributed by atoms with Crippen LogP contribution in [0.5, 0.6) is 0 Å². The number of aliphatic hydroxyl groups is 1. The fraction of sp³-hybridized carbons (Fsp3) is 0.0769. The molecular weight excluding hydrogens is 250 g/mol.